The first-order valence-corrected chi connectivity index (χ1v) is 2.69. The highest BCUT2D eigenvalue weighted by atomic mass is 19.1. The van der Waals surface area contributed by atoms with Gasteiger partial charge in [-0.25, -0.2) is 9.18 Å². The van der Waals surface area contributed by atoms with Gasteiger partial charge >= 0.3 is 5.97 Å². The molecule has 0 amide bonds. The highest BCUT2D eigenvalue weighted by molar-refractivity contribution is 5.77. The van der Waals surface area contributed by atoms with Crippen LogP contribution in [0.4, 0.5) is 4.39 Å². The van der Waals surface area contributed by atoms with Gasteiger partial charge in [0.05, 0.1) is 0 Å². The number of carboxylic acids is 1. The molecule has 1 atom stereocenters. The molecule has 0 aliphatic heterocycles. The third-order valence-corrected chi connectivity index (χ3v) is 1.27. The number of alkyl halides is 1. The smallest absolute Gasteiger partial charge is 0.342 e. The first kappa shape index (κ1) is 8.36. The maximum absolute atomic E-state index is 12.6. The molecular formula is C5H10FNO2. The highest BCUT2D eigenvalue weighted by Gasteiger charge is 2.34. The lowest BCUT2D eigenvalue weighted by Gasteiger charge is -2.14. The number of carbonyl (C=O) groups is 1. The van der Waals surface area contributed by atoms with E-state index in [1.165, 1.54) is 6.92 Å². The summed E-state index contributed by atoms with van der Waals surface area (Å²) in [6.45, 7) is 0.986. The summed E-state index contributed by atoms with van der Waals surface area (Å²) in [6, 6.07) is 0. The molecule has 54 valence electrons. The summed E-state index contributed by atoms with van der Waals surface area (Å²) >= 11 is 0. The van der Waals surface area contributed by atoms with Crippen molar-refractivity contribution in [1.29, 1.82) is 0 Å². The molecule has 0 fully saturated rings. The minimum atomic E-state index is -2.22. The first-order chi connectivity index (χ1) is 4.06. The molecule has 0 aromatic carbocycles. The van der Waals surface area contributed by atoms with Crippen molar-refractivity contribution in [2.24, 2.45) is 5.73 Å². The van der Waals surface area contributed by atoms with Gasteiger partial charge in [0, 0.05) is 6.54 Å². The van der Waals surface area contributed by atoms with E-state index < -0.39 is 18.2 Å². The predicted molar refractivity (Wildman–Crippen MR) is 30.8 cm³/mol. The van der Waals surface area contributed by atoms with Crippen molar-refractivity contribution < 1.29 is 14.3 Å². The van der Waals surface area contributed by atoms with Crippen LogP contribution in [0.5, 0.6) is 0 Å². The summed E-state index contributed by atoms with van der Waals surface area (Å²) in [6.07, 6.45) is -0.0845. The average molecular weight is 135 g/mol. The van der Waals surface area contributed by atoms with Crippen LogP contribution >= 0.6 is 0 Å². The van der Waals surface area contributed by atoms with E-state index in [2.05, 4.69) is 0 Å². The number of carboxylic acid groups (broad SMARTS) is 1. The molecule has 0 radical (unpaired) electrons. The van der Waals surface area contributed by atoms with Gasteiger partial charge in [0.1, 0.15) is 0 Å². The Hall–Kier alpha value is -0.640. The number of rotatable bonds is 3. The fraction of sp³-hybridized carbons (Fsp3) is 0.800. The highest BCUT2D eigenvalue weighted by Crippen LogP contribution is 2.13. The molecule has 4 heteroatoms. The second-order valence-electron chi connectivity index (χ2n) is 1.83. The fourth-order valence-electron chi connectivity index (χ4n) is 0.383. The summed E-state index contributed by atoms with van der Waals surface area (Å²) in [4.78, 5) is 10.0. The van der Waals surface area contributed by atoms with E-state index in [1.54, 1.807) is 0 Å². The molecule has 3 N–H and O–H groups in total. The summed E-state index contributed by atoms with van der Waals surface area (Å²) in [5, 5.41) is 8.18. The molecule has 0 heterocycles. The predicted octanol–water partition coefficient (Wildman–Crippen LogP) is 0.148. The van der Waals surface area contributed by atoms with Crippen LogP contribution in [-0.4, -0.2) is 23.3 Å². The lowest BCUT2D eigenvalue weighted by Crippen LogP contribution is -2.40. The molecule has 0 saturated heterocycles. The van der Waals surface area contributed by atoms with Gasteiger partial charge in [-0.2, -0.15) is 0 Å². The standard InChI is InChI=1S/C5H10FNO2/c1-2-5(6,3-7)4(8)9/h2-3,7H2,1H3,(H,8,9). The van der Waals surface area contributed by atoms with Gasteiger partial charge in [-0.15, -0.1) is 0 Å². The Morgan fingerprint density at radius 1 is 1.89 bits per heavy atom. The number of hydrogen-bond acceptors (Lipinski definition) is 2. The Kier molecular flexibility index (Phi) is 2.58. The summed E-state index contributed by atoms with van der Waals surface area (Å²) in [5.41, 5.74) is 2.64. The van der Waals surface area contributed by atoms with Crippen LogP contribution in [0.15, 0.2) is 0 Å². The number of nitrogens with two attached hydrogens (primary N) is 1. The summed E-state index contributed by atoms with van der Waals surface area (Å²) in [5.74, 6) is -1.48. The zero-order valence-electron chi connectivity index (χ0n) is 5.22. The minimum absolute atomic E-state index is 0.0845. The van der Waals surface area contributed by atoms with E-state index in [0.717, 1.165) is 0 Å². The average Bonchev–Trinajstić information content (AvgIpc) is 1.86. The van der Waals surface area contributed by atoms with Crippen molar-refractivity contribution in [2.45, 2.75) is 19.0 Å². The lowest BCUT2D eigenvalue weighted by atomic mass is 10.0. The second-order valence-corrected chi connectivity index (χ2v) is 1.83. The third-order valence-electron chi connectivity index (χ3n) is 1.27. The zero-order valence-corrected chi connectivity index (χ0v) is 5.22. The molecule has 0 aliphatic carbocycles. The molecule has 9 heavy (non-hydrogen) atoms. The van der Waals surface area contributed by atoms with Crippen LogP contribution in [0.2, 0.25) is 0 Å². The molecule has 0 saturated carbocycles. The third kappa shape index (κ3) is 1.64. The van der Waals surface area contributed by atoms with E-state index in [1.807, 2.05) is 0 Å². The molecule has 0 spiro atoms. The molecule has 0 aromatic rings. The Bertz CT molecular complexity index is 112. The maximum atomic E-state index is 12.6. The van der Waals surface area contributed by atoms with E-state index in [4.69, 9.17) is 10.8 Å². The van der Waals surface area contributed by atoms with E-state index in [0.29, 0.717) is 0 Å². The first-order valence-electron chi connectivity index (χ1n) is 2.69. The van der Waals surface area contributed by atoms with Crippen LogP contribution in [-0.2, 0) is 4.79 Å². The van der Waals surface area contributed by atoms with E-state index in [-0.39, 0.29) is 6.42 Å². The molecular weight excluding hydrogens is 125 g/mol. The van der Waals surface area contributed by atoms with Gasteiger partial charge in [0.25, 0.3) is 0 Å². The van der Waals surface area contributed by atoms with Crippen molar-refractivity contribution in [3.05, 3.63) is 0 Å². The van der Waals surface area contributed by atoms with Crippen molar-refractivity contribution in [3.8, 4) is 0 Å². The summed E-state index contributed by atoms with van der Waals surface area (Å²) < 4.78 is 12.6. The van der Waals surface area contributed by atoms with Crippen LogP contribution in [0.3, 0.4) is 0 Å². The Balaban J connectivity index is 4.09. The summed E-state index contributed by atoms with van der Waals surface area (Å²) in [7, 11) is 0. The molecule has 0 aromatic heterocycles. The molecule has 1 unspecified atom stereocenters. The lowest BCUT2D eigenvalue weighted by molar-refractivity contribution is -0.150. The van der Waals surface area contributed by atoms with Gasteiger partial charge in [0.15, 0.2) is 0 Å². The minimum Gasteiger partial charge on any atom is -0.479 e. The SMILES string of the molecule is CCC(F)(CN)C(=O)O. The zero-order chi connectivity index (χ0) is 7.49. The fourth-order valence-corrected chi connectivity index (χ4v) is 0.383. The number of halogens is 1. The van der Waals surface area contributed by atoms with Crippen molar-refractivity contribution in [2.75, 3.05) is 6.54 Å². The quantitative estimate of drug-likeness (QED) is 0.578. The number of hydrogen-bond donors (Lipinski definition) is 2. The van der Waals surface area contributed by atoms with Gasteiger partial charge in [-0.1, -0.05) is 6.92 Å². The number of aliphatic carboxylic acids is 1. The van der Waals surface area contributed by atoms with Gasteiger partial charge in [-0.05, 0) is 6.42 Å². The van der Waals surface area contributed by atoms with Crippen LogP contribution in [0, 0.1) is 0 Å². The molecule has 0 bridgehead atoms. The second kappa shape index (κ2) is 2.77. The maximum Gasteiger partial charge on any atom is 0.342 e. The Morgan fingerprint density at radius 3 is 2.33 bits per heavy atom. The van der Waals surface area contributed by atoms with Gasteiger partial charge in [-0.3, -0.25) is 0 Å². The largest absolute Gasteiger partial charge is 0.479 e. The molecule has 0 aliphatic rings. The molecule has 3 nitrogen and oxygen atoms in total. The topological polar surface area (TPSA) is 63.3 Å². The van der Waals surface area contributed by atoms with E-state index in [9.17, 15) is 9.18 Å². The van der Waals surface area contributed by atoms with Crippen molar-refractivity contribution in [1.82, 2.24) is 0 Å². The van der Waals surface area contributed by atoms with Crippen LogP contribution in [0.25, 0.3) is 0 Å². The monoisotopic (exact) mass is 135 g/mol. The molecule has 0 rings (SSSR count). The van der Waals surface area contributed by atoms with Crippen molar-refractivity contribution >= 4 is 5.97 Å². The Morgan fingerprint density at radius 2 is 2.33 bits per heavy atom. The van der Waals surface area contributed by atoms with Gasteiger partial charge < -0.3 is 10.8 Å². The normalized spacial score (nSPS) is 16.8. The van der Waals surface area contributed by atoms with Gasteiger partial charge in [0.2, 0.25) is 5.67 Å². The van der Waals surface area contributed by atoms with Crippen LogP contribution in [0.1, 0.15) is 13.3 Å². The van der Waals surface area contributed by atoms with Crippen LogP contribution < -0.4 is 5.73 Å². The van der Waals surface area contributed by atoms with E-state index >= 15 is 0 Å². The van der Waals surface area contributed by atoms with Crippen molar-refractivity contribution in [3.63, 3.8) is 0 Å². The Labute approximate surface area is 52.7 Å².